The SMILES string of the molecule is O=C(NCCc1csc2nc(-c3ccccc3F)nn12)c1ccc(Cl)c(Cl)c1. The zero-order valence-corrected chi connectivity index (χ0v) is 16.7. The molecule has 0 aliphatic carbocycles. The van der Waals surface area contributed by atoms with Crippen molar-refractivity contribution in [3.63, 3.8) is 0 Å². The van der Waals surface area contributed by atoms with Crippen molar-refractivity contribution in [2.24, 2.45) is 0 Å². The molecule has 0 bridgehead atoms. The lowest BCUT2D eigenvalue weighted by Gasteiger charge is -2.05. The van der Waals surface area contributed by atoms with Crippen molar-refractivity contribution in [2.45, 2.75) is 6.42 Å². The fraction of sp³-hybridized carbons (Fsp3) is 0.105. The molecule has 4 aromatic rings. The first-order valence-electron chi connectivity index (χ1n) is 8.34. The number of amides is 1. The Morgan fingerprint density at radius 2 is 2.00 bits per heavy atom. The summed E-state index contributed by atoms with van der Waals surface area (Å²) in [6.07, 6.45) is 0.549. The summed E-state index contributed by atoms with van der Waals surface area (Å²) in [5.74, 6) is -0.266. The van der Waals surface area contributed by atoms with E-state index in [-0.39, 0.29) is 11.7 Å². The fourth-order valence-corrected chi connectivity index (χ4v) is 3.85. The van der Waals surface area contributed by atoms with Gasteiger partial charge in [0.15, 0.2) is 5.82 Å². The van der Waals surface area contributed by atoms with Crippen LogP contribution in [0.3, 0.4) is 0 Å². The predicted octanol–water partition coefficient (Wildman–Crippen LogP) is 4.88. The van der Waals surface area contributed by atoms with Gasteiger partial charge >= 0.3 is 0 Å². The number of fused-ring (bicyclic) bond motifs is 1. The van der Waals surface area contributed by atoms with Gasteiger partial charge in [0.2, 0.25) is 4.96 Å². The highest BCUT2D eigenvalue weighted by Crippen LogP contribution is 2.24. The summed E-state index contributed by atoms with van der Waals surface area (Å²) in [7, 11) is 0. The van der Waals surface area contributed by atoms with Gasteiger partial charge in [-0.25, -0.2) is 8.91 Å². The topological polar surface area (TPSA) is 59.3 Å². The van der Waals surface area contributed by atoms with E-state index in [0.717, 1.165) is 5.69 Å². The predicted molar refractivity (Wildman–Crippen MR) is 109 cm³/mol. The van der Waals surface area contributed by atoms with Gasteiger partial charge in [-0.05, 0) is 30.3 Å². The Labute approximate surface area is 173 Å². The Hall–Kier alpha value is -2.48. The molecule has 2 heterocycles. The maximum absolute atomic E-state index is 14.0. The lowest BCUT2D eigenvalue weighted by molar-refractivity contribution is 0.0954. The summed E-state index contributed by atoms with van der Waals surface area (Å²) in [5, 5.41) is 9.90. The number of hydrogen-bond donors (Lipinski definition) is 1. The average Bonchev–Trinajstić information content (AvgIpc) is 3.26. The molecule has 2 aromatic heterocycles. The number of rotatable bonds is 5. The van der Waals surface area contributed by atoms with E-state index in [1.807, 2.05) is 5.38 Å². The lowest BCUT2D eigenvalue weighted by Crippen LogP contribution is -2.26. The van der Waals surface area contributed by atoms with E-state index in [2.05, 4.69) is 15.4 Å². The second kappa shape index (κ2) is 7.87. The van der Waals surface area contributed by atoms with Gasteiger partial charge in [-0.15, -0.1) is 16.4 Å². The molecule has 1 N–H and O–H groups in total. The molecule has 5 nitrogen and oxygen atoms in total. The van der Waals surface area contributed by atoms with Crippen molar-refractivity contribution in [2.75, 3.05) is 6.54 Å². The third-order valence-corrected chi connectivity index (χ3v) is 5.72. The summed E-state index contributed by atoms with van der Waals surface area (Å²) in [6.45, 7) is 0.403. The second-order valence-electron chi connectivity index (χ2n) is 5.97. The normalized spacial score (nSPS) is 11.1. The maximum Gasteiger partial charge on any atom is 0.251 e. The van der Waals surface area contributed by atoms with Gasteiger partial charge < -0.3 is 5.32 Å². The van der Waals surface area contributed by atoms with Crippen LogP contribution < -0.4 is 5.32 Å². The van der Waals surface area contributed by atoms with Crippen molar-refractivity contribution >= 4 is 45.4 Å². The van der Waals surface area contributed by atoms with E-state index in [4.69, 9.17) is 23.2 Å². The fourth-order valence-electron chi connectivity index (χ4n) is 2.70. The van der Waals surface area contributed by atoms with Crippen LogP contribution >= 0.6 is 34.5 Å². The van der Waals surface area contributed by atoms with Crippen LogP contribution in [0.25, 0.3) is 16.3 Å². The minimum Gasteiger partial charge on any atom is -0.352 e. The van der Waals surface area contributed by atoms with Crippen LogP contribution in [-0.2, 0) is 6.42 Å². The molecule has 0 aliphatic heterocycles. The first-order valence-corrected chi connectivity index (χ1v) is 9.98. The zero-order valence-electron chi connectivity index (χ0n) is 14.3. The van der Waals surface area contributed by atoms with Gasteiger partial charge in [0, 0.05) is 23.9 Å². The molecule has 142 valence electrons. The van der Waals surface area contributed by atoms with Gasteiger partial charge in [-0.2, -0.15) is 4.98 Å². The molecule has 0 saturated heterocycles. The van der Waals surface area contributed by atoms with Crippen molar-refractivity contribution in [1.82, 2.24) is 19.9 Å². The number of nitrogens with zero attached hydrogens (tertiary/aromatic N) is 3. The molecule has 2 aromatic carbocycles. The molecule has 0 atom stereocenters. The smallest absolute Gasteiger partial charge is 0.251 e. The first-order chi connectivity index (χ1) is 13.5. The number of halogens is 3. The average molecular weight is 435 g/mol. The highest BCUT2D eigenvalue weighted by Gasteiger charge is 2.14. The van der Waals surface area contributed by atoms with Crippen molar-refractivity contribution in [3.8, 4) is 11.4 Å². The minimum atomic E-state index is -0.365. The van der Waals surface area contributed by atoms with Crippen LogP contribution in [0.2, 0.25) is 10.0 Å². The van der Waals surface area contributed by atoms with E-state index < -0.39 is 0 Å². The third kappa shape index (κ3) is 3.73. The number of benzene rings is 2. The van der Waals surface area contributed by atoms with Crippen LogP contribution in [0, 0.1) is 5.82 Å². The molecule has 0 spiro atoms. The number of carbonyl (C=O) groups is 1. The lowest BCUT2D eigenvalue weighted by atomic mass is 10.2. The maximum atomic E-state index is 14.0. The number of hydrogen-bond acceptors (Lipinski definition) is 4. The Morgan fingerprint density at radius 1 is 1.18 bits per heavy atom. The van der Waals surface area contributed by atoms with Crippen molar-refractivity contribution in [3.05, 3.63) is 75.0 Å². The van der Waals surface area contributed by atoms with Gasteiger partial charge in [-0.3, -0.25) is 4.79 Å². The summed E-state index contributed by atoms with van der Waals surface area (Å²) in [6, 6.07) is 11.1. The molecular formula is C19H13Cl2FN4OS. The summed E-state index contributed by atoms with van der Waals surface area (Å²) < 4.78 is 15.6. The van der Waals surface area contributed by atoms with Crippen LogP contribution in [0.1, 0.15) is 16.1 Å². The summed E-state index contributed by atoms with van der Waals surface area (Å²) in [4.78, 5) is 17.3. The standard InChI is InChI=1S/C19H13Cl2FN4OS/c20-14-6-5-11(9-15(14)21)18(27)23-8-7-12-10-28-19-24-17(25-26(12)19)13-3-1-2-4-16(13)22/h1-6,9-10H,7-8H2,(H,23,27). The van der Waals surface area contributed by atoms with Gasteiger partial charge in [0.05, 0.1) is 21.3 Å². The van der Waals surface area contributed by atoms with Crippen molar-refractivity contribution < 1.29 is 9.18 Å². The highest BCUT2D eigenvalue weighted by molar-refractivity contribution is 7.15. The molecule has 0 radical (unpaired) electrons. The summed E-state index contributed by atoms with van der Waals surface area (Å²) in [5.41, 5.74) is 1.68. The van der Waals surface area contributed by atoms with Gasteiger partial charge in [0.25, 0.3) is 5.91 Å². The van der Waals surface area contributed by atoms with Crippen LogP contribution in [0.4, 0.5) is 4.39 Å². The van der Waals surface area contributed by atoms with E-state index in [1.54, 1.807) is 34.8 Å². The quantitative estimate of drug-likeness (QED) is 0.486. The Morgan fingerprint density at radius 3 is 2.79 bits per heavy atom. The largest absolute Gasteiger partial charge is 0.352 e. The Balaban J connectivity index is 1.46. The third-order valence-electron chi connectivity index (χ3n) is 4.11. The number of aromatic nitrogens is 3. The van der Waals surface area contributed by atoms with Crippen LogP contribution in [-0.4, -0.2) is 27.0 Å². The highest BCUT2D eigenvalue weighted by atomic mass is 35.5. The molecule has 28 heavy (non-hydrogen) atoms. The van der Waals surface area contributed by atoms with E-state index in [0.29, 0.717) is 44.9 Å². The Kier molecular flexibility index (Phi) is 5.30. The monoisotopic (exact) mass is 434 g/mol. The van der Waals surface area contributed by atoms with Gasteiger partial charge in [-0.1, -0.05) is 35.3 Å². The van der Waals surface area contributed by atoms with Crippen molar-refractivity contribution in [1.29, 1.82) is 0 Å². The van der Waals surface area contributed by atoms with Gasteiger partial charge in [0.1, 0.15) is 5.82 Å². The molecule has 0 saturated carbocycles. The summed E-state index contributed by atoms with van der Waals surface area (Å²) >= 11 is 13.2. The van der Waals surface area contributed by atoms with E-state index >= 15 is 0 Å². The molecular weight excluding hydrogens is 422 g/mol. The Bertz CT molecular complexity index is 1170. The molecule has 9 heteroatoms. The molecule has 4 rings (SSSR count). The van der Waals surface area contributed by atoms with Crippen LogP contribution in [0.15, 0.2) is 47.8 Å². The second-order valence-corrected chi connectivity index (χ2v) is 7.62. The minimum absolute atomic E-state index is 0.240. The molecule has 0 unspecified atom stereocenters. The molecule has 0 fully saturated rings. The van der Waals surface area contributed by atoms with E-state index in [1.165, 1.54) is 23.5 Å². The van der Waals surface area contributed by atoms with E-state index in [9.17, 15) is 9.18 Å². The molecule has 0 aliphatic rings. The number of carbonyl (C=O) groups excluding carboxylic acids is 1. The number of nitrogens with one attached hydrogen (secondary N) is 1. The number of thiazole rings is 1. The van der Waals surface area contributed by atoms with Crippen LogP contribution in [0.5, 0.6) is 0 Å². The zero-order chi connectivity index (χ0) is 19.7. The molecule has 1 amide bonds. The first kappa shape index (κ1) is 18.9.